The average Bonchev–Trinajstić information content (AvgIpc) is 2.36. The number of carbonyl (C=O) groups is 1. The lowest BCUT2D eigenvalue weighted by Crippen LogP contribution is -2.03. The lowest BCUT2D eigenvalue weighted by Gasteiger charge is -2.13. The van der Waals surface area contributed by atoms with Crippen LogP contribution in [0.2, 0.25) is 0 Å². The summed E-state index contributed by atoms with van der Waals surface area (Å²) in [6.45, 7) is 7.87. The van der Waals surface area contributed by atoms with Gasteiger partial charge in [0.05, 0.1) is 5.56 Å². The van der Waals surface area contributed by atoms with Crippen molar-refractivity contribution >= 4 is 5.78 Å². The molecule has 0 atom stereocenters. The van der Waals surface area contributed by atoms with Gasteiger partial charge >= 0.3 is 0 Å². The number of ketones is 1. The smallest absolute Gasteiger partial charge is 0.162 e. The zero-order chi connectivity index (χ0) is 15.6. The van der Waals surface area contributed by atoms with Gasteiger partial charge in [-0.25, -0.2) is 4.39 Å². The van der Waals surface area contributed by atoms with Crippen LogP contribution in [0.15, 0.2) is 30.3 Å². The minimum Gasteiger partial charge on any atom is -0.489 e. The molecule has 21 heavy (non-hydrogen) atoms. The van der Waals surface area contributed by atoms with Crippen LogP contribution >= 0.6 is 0 Å². The summed E-state index contributed by atoms with van der Waals surface area (Å²) in [5, 5.41) is 0. The average molecular weight is 286 g/mol. The maximum Gasteiger partial charge on any atom is 0.162 e. The molecular formula is C18H19FO2. The molecule has 0 spiro atoms. The van der Waals surface area contributed by atoms with E-state index in [4.69, 9.17) is 4.74 Å². The molecule has 3 heteroatoms. The highest BCUT2D eigenvalue weighted by Gasteiger charge is 2.09. The van der Waals surface area contributed by atoms with E-state index in [0.717, 1.165) is 16.7 Å². The van der Waals surface area contributed by atoms with E-state index >= 15 is 0 Å². The van der Waals surface area contributed by atoms with Crippen molar-refractivity contribution in [1.82, 2.24) is 0 Å². The van der Waals surface area contributed by atoms with Crippen LogP contribution in [0.25, 0.3) is 0 Å². The molecular weight excluding hydrogens is 267 g/mol. The summed E-state index contributed by atoms with van der Waals surface area (Å²) in [4.78, 5) is 11.2. The minimum absolute atomic E-state index is 0.0880. The molecule has 2 rings (SSSR count). The predicted octanol–water partition coefficient (Wildman–Crippen LogP) is 4.53. The molecule has 0 bridgehead atoms. The van der Waals surface area contributed by atoms with E-state index in [9.17, 15) is 9.18 Å². The Morgan fingerprint density at radius 1 is 1.10 bits per heavy atom. The van der Waals surface area contributed by atoms with Gasteiger partial charge in [-0.1, -0.05) is 17.7 Å². The van der Waals surface area contributed by atoms with E-state index in [-0.39, 0.29) is 11.3 Å². The van der Waals surface area contributed by atoms with Crippen LogP contribution in [-0.4, -0.2) is 5.78 Å². The molecule has 2 aromatic rings. The fraction of sp³-hybridized carbons (Fsp3) is 0.278. The Bertz CT molecular complexity index is 667. The van der Waals surface area contributed by atoms with E-state index in [0.29, 0.717) is 12.4 Å². The summed E-state index contributed by atoms with van der Waals surface area (Å²) < 4.78 is 19.4. The zero-order valence-electron chi connectivity index (χ0n) is 12.8. The number of hydrogen-bond acceptors (Lipinski definition) is 2. The van der Waals surface area contributed by atoms with Gasteiger partial charge in [0.2, 0.25) is 0 Å². The molecule has 0 radical (unpaired) electrons. The lowest BCUT2D eigenvalue weighted by molar-refractivity contribution is 0.101. The summed E-state index contributed by atoms with van der Waals surface area (Å²) in [6, 6.07) is 8.55. The summed E-state index contributed by atoms with van der Waals surface area (Å²) in [5.74, 6) is -0.404. The molecule has 0 unspecified atom stereocenters. The normalized spacial score (nSPS) is 10.5. The fourth-order valence-corrected chi connectivity index (χ4v) is 2.46. The summed E-state index contributed by atoms with van der Waals surface area (Å²) in [5.41, 5.74) is 4.73. The van der Waals surface area contributed by atoms with Gasteiger partial charge in [-0.2, -0.15) is 0 Å². The van der Waals surface area contributed by atoms with Gasteiger partial charge in [-0.05, 0) is 56.5 Å². The van der Waals surface area contributed by atoms with Gasteiger partial charge in [-0.3, -0.25) is 4.79 Å². The van der Waals surface area contributed by atoms with E-state index in [1.165, 1.54) is 24.6 Å². The summed E-state index contributed by atoms with van der Waals surface area (Å²) >= 11 is 0. The van der Waals surface area contributed by atoms with Crippen molar-refractivity contribution in [3.8, 4) is 5.75 Å². The summed E-state index contributed by atoms with van der Waals surface area (Å²) in [7, 11) is 0. The third-order valence-electron chi connectivity index (χ3n) is 3.54. The number of benzene rings is 2. The van der Waals surface area contributed by atoms with Crippen LogP contribution < -0.4 is 4.74 Å². The van der Waals surface area contributed by atoms with Gasteiger partial charge in [-0.15, -0.1) is 0 Å². The Balaban J connectivity index is 2.17. The highest BCUT2D eigenvalue weighted by molar-refractivity contribution is 5.94. The van der Waals surface area contributed by atoms with Crippen molar-refractivity contribution in [3.05, 3.63) is 64.0 Å². The predicted molar refractivity (Wildman–Crippen MR) is 81.4 cm³/mol. The van der Waals surface area contributed by atoms with E-state index in [1.807, 2.05) is 13.8 Å². The van der Waals surface area contributed by atoms with Gasteiger partial charge in [0.15, 0.2) is 5.78 Å². The van der Waals surface area contributed by atoms with Crippen molar-refractivity contribution < 1.29 is 13.9 Å². The molecule has 0 saturated heterocycles. The van der Waals surface area contributed by atoms with Crippen LogP contribution in [0, 0.1) is 26.6 Å². The van der Waals surface area contributed by atoms with Crippen molar-refractivity contribution in [2.24, 2.45) is 0 Å². The van der Waals surface area contributed by atoms with Crippen molar-refractivity contribution in [2.45, 2.75) is 34.3 Å². The molecule has 2 nitrogen and oxygen atoms in total. The number of halogens is 1. The van der Waals surface area contributed by atoms with E-state index in [1.54, 1.807) is 6.07 Å². The topological polar surface area (TPSA) is 26.3 Å². The first kappa shape index (κ1) is 15.2. The molecule has 0 N–H and O–H groups in total. The molecule has 0 aliphatic carbocycles. The van der Waals surface area contributed by atoms with Gasteiger partial charge in [0.25, 0.3) is 0 Å². The second-order valence-electron chi connectivity index (χ2n) is 5.36. The minimum atomic E-state index is -0.544. The molecule has 0 aromatic heterocycles. The van der Waals surface area contributed by atoms with Crippen LogP contribution in [0.5, 0.6) is 5.75 Å². The molecule has 0 aliphatic rings. The molecule has 2 aromatic carbocycles. The third kappa shape index (κ3) is 3.48. The van der Waals surface area contributed by atoms with Crippen molar-refractivity contribution in [2.75, 3.05) is 0 Å². The molecule has 0 amide bonds. The van der Waals surface area contributed by atoms with Gasteiger partial charge < -0.3 is 4.74 Å². The molecule has 0 fully saturated rings. The van der Waals surface area contributed by atoms with Crippen LogP contribution in [-0.2, 0) is 6.61 Å². The number of rotatable bonds is 4. The zero-order valence-corrected chi connectivity index (χ0v) is 12.8. The Labute approximate surface area is 124 Å². The Morgan fingerprint density at radius 3 is 2.24 bits per heavy atom. The monoisotopic (exact) mass is 286 g/mol. The standard InChI is InChI=1S/C18H19FO2/c1-11-7-12(2)17(13(3)8-11)10-21-15-5-6-16(14(4)20)18(19)9-15/h5-9H,10H2,1-4H3. The maximum absolute atomic E-state index is 13.7. The Kier molecular flexibility index (Phi) is 4.41. The van der Waals surface area contributed by atoms with Gasteiger partial charge in [0.1, 0.15) is 18.2 Å². The number of ether oxygens (including phenoxy) is 1. The second kappa shape index (κ2) is 6.08. The second-order valence-corrected chi connectivity index (χ2v) is 5.36. The van der Waals surface area contributed by atoms with Crippen molar-refractivity contribution in [3.63, 3.8) is 0 Å². The summed E-state index contributed by atoms with van der Waals surface area (Å²) in [6.07, 6.45) is 0. The van der Waals surface area contributed by atoms with Gasteiger partial charge in [0, 0.05) is 6.07 Å². The Morgan fingerprint density at radius 2 is 1.71 bits per heavy atom. The number of carbonyl (C=O) groups excluding carboxylic acids is 1. The number of Topliss-reactive ketones (excluding diaryl/α,β-unsaturated/α-hetero) is 1. The van der Waals surface area contributed by atoms with E-state index < -0.39 is 5.82 Å². The quantitative estimate of drug-likeness (QED) is 0.772. The van der Waals surface area contributed by atoms with E-state index in [2.05, 4.69) is 19.1 Å². The number of hydrogen-bond donors (Lipinski definition) is 0. The molecule has 0 aliphatic heterocycles. The van der Waals surface area contributed by atoms with Crippen molar-refractivity contribution in [1.29, 1.82) is 0 Å². The first-order chi connectivity index (χ1) is 9.88. The Hall–Kier alpha value is -2.16. The highest BCUT2D eigenvalue weighted by Crippen LogP contribution is 2.21. The first-order valence-corrected chi connectivity index (χ1v) is 6.88. The number of aryl methyl sites for hydroxylation is 3. The maximum atomic E-state index is 13.7. The molecule has 0 heterocycles. The lowest BCUT2D eigenvalue weighted by atomic mass is 10.0. The molecule has 0 saturated carbocycles. The van der Waals surface area contributed by atoms with Crippen LogP contribution in [0.1, 0.15) is 39.5 Å². The largest absolute Gasteiger partial charge is 0.489 e. The third-order valence-corrected chi connectivity index (χ3v) is 3.54. The fourth-order valence-electron chi connectivity index (χ4n) is 2.46. The van der Waals surface area contributed by atoms with Crippen LogP contribution in [0.3, 0.4) is 0 Å². The first-order valence-electron chi connectivity index (χ1n) is 6.88. The molecule has 110 valence electrons. The highest BCUT2D eigenvalue weighted by atomic mass is 19.1. The van der Waals surface area contributed by atoms with Crippen LogP contribution in [0.4, 0.5) is 4.39 Å². The SMILES string of the molecule is CC(=O)c1ccc(OCc2c(C)cc(C)cc2C)cc1F.